The van der Waals surface area contributed by atoms with Gasteiger partial charge in [0, 0.05) is 38.9 Å². The van der Waals surface area contributed by atoms with Crippen molar-refractivity contribution in [3.63, 3.8) is 0 Å². The van der Waals surface area contributed by atoms with Gasteiger partial charge in [-0.3, -0.25) is 4.79 Å². The van der Waals surface area contributed by atoms with Crippen molar-refractivity contribution >= 4 is 34.9 Å². The summed E-state index contributed by atoms with van der Waals surface area (Å²) in [6.45, 7) is 6.64. The second-order valence-corrected chi connectivity index (χ2v) is 7.07. The molecule has 1 amide bonds. The van der Waals surface area contributed by atoms with Gasteiger partial charge in [0.2, 0.25) is 5.91 Å². The van der Waals surface area contributed by atoms with Crippen molar-refractivity contribution in [1.82, 2.24) is 15.2 Å². The number of amides is 1. The van der Waals surface area contributed by atoms with Gasteiger partial charge in [0.25, 0.3) is 0 Å². The number of anilines is 1. The summed E-state index contributed by atoms with van der Waals surface area (Å²) < 4.78 is 0. The van der Waals surface area contributed by atoms with Crippen LogP contribution in [-0.2, 0) is 4.79 Å². The molecule has 2 aliphatic rings. The summed E-state index contributed by atoms with van der Waals surface area (Å²) >= 11 is 12.1. The zero-order chi connectivity index (χ0) is 15.7. The maximum Gasteiger partial charge on any atom is 0.229 e. The molecule has 0 saturated carbocycles. The third kappa shape index (κ3) is 3.03. The average Bonchev–Trinajstić information content (AvgIpc) is 2.95. The number of nitrogens with zero attached hydrogens (tertiary/aromatic N) is 3. The van der Waals surface area contributed by atoms with E-state index in [1.54, 1.807) is 12.3 Å². The SMILES string of the molecule is CC1(C(=O)N2CCN(c3ncc(Cl)cc3Cl)CC2)CCNC1. The largest absolute Gasteiger partial charge is 0.352 e. The summed E-state index contributed by atoms with van der Waals surface area (Å²) in [5.74, 6) is 0.999. The summed E-state index contributed by atoms with van der Waals surface area (Å²) in [5, 5.41) is 4.37. The molecule has 1 atom stereocenters. The molecule has 1 aromatic rings. The van der Waals surface area contributed by atoms with E-state index in [1.807, 2.05) is 4.90 Å². The normalized spacial score (nSPS) is 25.6. The van der Waals surface area contributed by atoms with E-state index >= 15 is 0 Å². The Labute approximate surface area is 140 Å². The van der Waals surface area contributed by atoms with Crippen molar-refractivity contribution in [2.45, 2.75) is 13.3 Å². The predicted molar refractivity (Wildman–Crippen MR) is 88.6 cm³/mol. The van der Waals surface area contributed by atoms with Crippen LogP contribution in [-0.4, -0.2) is 55.1 Å². The first-order valence-corrected chi connectivity index (χ1v) is 8.31. The number of pyridine rings is 1. The quantitative estimate of drug-likeness (QED) is 0.893. The number of halogens is 2. The van der Waals surface area contributed by atoms with Crippen molar-refractivity contribution in [3.8, 4) is 0 Å². The Kier molecular flexibility index (Phi) is 4.48. The number of piperazine rings is 1. The molecule has 120 valence electrons. The van der Waals surface area contributed by atoms with E-state index in [-0.39, 0.29) is 11.3 Å². The molecule has 1 N–H and O–H groups in total. The smallest absolute Gasteiger partial charge is 0.229 e. The van der Waals surface area contributed by atoms with E-state index in [0.717, 1.165) is 38.4 Å². The van der Waals surface area contributed by atoms with E-state index in [2.05, 4.69) is 22.1 Å². The average molecular weight is 343 g/mol. The minimum Gasteiger partial charge on any atom is -0.352 e. The molecule has 1 aromatic heterocycles. The van der Waals surface area contributed by atoms with Crippen LogP contribution in [0.4, 0.5) is 5.82 Å². The fourth-order valence-corrected chi connectivity index (χ4v) is 3.64. The van der Waals surface area contributed by atoms with Crippen LogP contribution in [0.5, 0.6) is 0 Å². The molecule has 0 aliphatic carbocycles. The molecule has 7 heteroatoms. The van der Waals surface area contributed by atoms with Gasteiger partial charge in [0.15, 0.2) is 0 Å². The highest BCUT2D eigenvalue weighted by molar-refractivity contribution is 6.36. The number of nitrogens with one attached hydrogen (secondary N) is 1. The Morgan fingerprint density at radius 3 is 2.64 bits per heavy atom. The lowest BCUT2D eigenvalue weighted by Crippen LogP contribution is -2.53. The van der Waals surface area contributed by atoms with Crippen molar-refractivity contribution in [1.29, 1.82) is 0 Å². The number of carbonyl (C=O) groups excluding carboxylic acids is 1. The first kappa shape index (κ1) is 15.8. The molecular formula is C15H20Cl2N4O. The van der Waals surface area contributed by atoms with E-state index in [0.29, 0.717) is 23.1 Å². The van der Waals surface area contributed by atoms with Crippen LogP contribution in [0.25, 0.3) is 0 Å². The van der Waals surface area contributed by atoms with Gasteiger partial charge in [0.05, 0.1) is 15.5 Å². The van der Waals surface area contributed by atoms with Gasteiger partial charge < -0.3 is 15.1 Å². The molecule has 0 radical (unpaired) electrons. The molecule has 2 saturated heterocycles. The van der Waals surface area contributed by atoms with E-state index < -0.39 is 0 Å². The molecule has 3 rings (SSSR count). The Bertz CT molecular complexity index is 567. The van der Waals surface area contributed by atoms with Crippen LogP contribution in [0.2, 0.25) is 10.0 Å². The monoisotopic (exact) mass is 342 g/mol. The first-order valence-electron chi connectivity index (χ1n) is 7.56. The number of carbonyl (C=O) groups is 1. The molecule has 0 aromatic carbocycles. The molecule has 2 fully saturated rings. The summed E-state index contributed by atoms with van der Waals surface area (Å²) in [7, 11) is 0. The summed E-state index contributed by atoms with van der Waals surface area (Å²) in [6, 6.07) is 1.70. The maximum atomic E-state index is 12.7. The zero-order valence-electron chi connectivity index (χ0n) is 12.6. The fourth-order valence-electron chi connectivity index (χ4n) is 3.14. The summed E-state index contributed by atoms with van der Waals surface area (Å²) in [6.07, 6.45) is 2.52. The number of rotatable bonds is 2. The topological polar surface area (TPSA) is 48.5 Å². The first-order chi connectivity index (χ1) is 10.5. The Balaban J connectivity index is 1.64. The van der Waals surface area contributed by atoms with Crippen LogP contribution >= 0.6 is 23.2 Å². The summed E-state index contributed by atoms with van der Waals surface area (Å²) in [4.78, 5) is 21.1. The third-order valence-corrected chi connectivity index (χ3v) is 5.02. The zero-order valence-corrected chi connectivity index (χ0v) is 14.1. The van der Waals surface area contributed by atoms with E-state index in [4.69, 9.17) is 23.2 Å². The van der Waals surface area contributed by atoms with Crippen LogP contribution in [0.15, 0.2) is 12.3 Å². The molecule has 22 heavy (non-hydrogen) atoms. The second kappa shape index (κ2) is 6.22. The Morgan fingerprint density at radius 1 is 1.32 bits per heavy atom. The number of aromatic nitrogens is 1. The van der Waals surface area contributed by atoms with Gasteiger partial charge in [-0.1, -0.05) is 23.2 Å². The van der Waals surface area contributed by atoms with E-state index in [9.17, 15) is 4.79 Å². The van der Waals surface area contributed by atoms with Gasteiger partial charge in [-0.15, -0.1) is 0 Å². The lowest BCUT2D eigenvalue weighted by atomic mass is 9.88. The van der Waals surface area contributed by atoms with Crippen LogP contribution in [0.3, 0.4) is 0 Å². The van der Waals surface area contributed by atoms with Crippen LogP contribution in [0.1, 0.15) is 13.3 Å². The van der Waals surface area contributed by atoms with Gasteiger partial charge in [-0.2, -0.15) is 0 Å². The minimum absolute atomic E-state index is 0.252. The van der Waals surface area contributed by atoms with Crippen LogP contribution in [0, 0.1) is 5.41 Å². The van der Waals surface area contributed by atoms with Gasteiger partial charge >= 0.3 is 0 Å². The highest BCUT2D eigenvalue weighted by Crippen LogP contribution is 2.30. The molecule has 2 aliphatic heterocycles. The highest BCUT2D eigenvalue weighted by atomic mass is 35.5. The van der Waals surface area contributed by atoms with Crippen molar-refractivity contribution in [2.75, 3.05) is 44.2 Å². The predicted octanol–water partition coefficient (Wildman–Crippen LogP) is 2.04. The lowest BCUT2D eigenvalue weighted by molar-refractivity contribution is -0.140. The third-order valence-electron chi connectivity index (χ3n) is 4.54. The second-order valence-electron chi connectivity index (χ2n) is 6.23. The van der Waals surface area contributed by atoms with Crippen molar-refractivity contribution in [2.24, 2.45) is 5.41 Å². The number of hydrogen-bond acceptors (Lipinski definition) is 4. The highest BCUT2D eigenvalue weighted by Gasteiger charge is 2.40. The molecule has 1 unspecified atom stereocenters. The fraction of sp³-hybridized carbons (Fsp3) is 0.600. The van der Waals surface area contributed by atoms with E-state index in [1.165, 1.54) is 0 Å². The molecule has 0 bridgehead atoms. The maximum absolute atomic E-state index is 12.7. The lowest BCUT2D eigenvalue weighted by Gasteiger charge is -2.39. The van der Waals surface area contributed by atoms with Gasteiger partial charge in [-0.25, -0.2) is 4.98 Å². The minimum atomic E-state index is -0.252. The molecule has 5 nitrogen and oxygen atoms in total. The number of hydrogen-bond donors (Lipinski definition) is 1. The molecule has 3 heterocycles. The Hall–Kier alpha value is -1.04. The van der Waals surface area contributed by atoms with Gasteiger partial charge in [0.1, 0.15) is 5.82 Å². The molecular weight excluding hydrogens is 323 g/mol. The van der Waals surface area contributed by atoms with Gasteiger partial charge in [-0.05, 0) is 26.0 Å². The molecule has 0 spiro atoms. The Morgan fingerprint density at radius 2 is 2.05 bits per heavy atom. The van der Waals surface area contributed by atoms with Crippen LogP contribution < -0.4 is 10.2 Å². The van der Waals surface area contributed by atoms with Crippen molar-refractivity contribution < 1.29 is 4.79 Å². The summed E-state index contributed by atoms with van der Waals surface area (Å²) in [5.41, 5.74) is -0.252. The standard InChI is InChI=1S/C15H20Cl2N4O/c1-15(2-3-18-10-15)14(22)21-6-4-20(5-7-21)13-12(17)8-11(16)9-19-13/h8-9,18H,2-7,10H2,1H3. The van der Waals surface area contributed by atoms with Crippen molar-refractivity contribution in [3.05, 3.63) is 22.3 Å².